The zero-order valence-corrected chi connectivity index (χ0v) is 19.7. The van der Waals surface area contributed by atoms with Crippen molar-refractivity contribution in [1.82, 2.24) is 14.5 Å². The fraction of sp³-hybridized carbons (Fsp3) is 0.423. The zero-order valence-electron chi connectivity index (χ0n) is 19.7. The molecule has 0 unspecified atom stereocenters. The summed E-state index contributed by atoms with van der Waals surface area (Å²) in [6, 6.07) is 13.4. The summed E-state index contributed by atoms with van der Waals surface area (Å²) in [5.74, 6) is 1.76. The lowest BCUT2D eigenvalue weighted by Gasteiger charge is -2.35. The number of aromatic nitrogens is 2. The second kappa shape index (κ2) is 10.1. The highest BCUT2D eigenvalue weighted by Crippen LogP contribution is 2.27. The molecule has 1 aliphatic rings. The molecule has 0 aliphatic carbocycles. The number of fused-ring (bicyclic) bond motifs is 1. The number of anilines is 1. The highest BCUT2D eigenvalue weighted by atomic mass is 16.5. The molecule has 33 heavy (non-hydrogen) atoms. The summed E-state index contributed by atoms with van der Waals surface area (Å²) in [4.78, 5) is 33.9. The number of hydrogen-bond donors (Lipinski definition) is 0. The van der Waals surface area contributed by atoms with Crippen molar-refractivity contribution in [2.45, 2.75) is 39.7 Å². The van der Waals surface area contributed by atoms with Crippen LogP contribution < -0.4 is 15.2 Å². The lowest BCUT2D eigenvalue weighted by molar-refractivity contribution is -0.133. The summed E-state index contributed by atoms with van der Waals surface area (Å²) in [6.45, 7) is 9.66. The van der Waals surface area contributed by atoms with Crippen LogP contribution in [-0.2, 0) is 11.3 Å². The van der Waals surface area contributed by atoms with E-state index in [4.69, 9.17) is 4.74 Å². The first kappa shape index (κ1) is 22.8. The molecule has 1 aromatic carbocycles. The Labute approximate surface area is 194 Å². The van der Waals surface area contributed by atoms with Crippen LogP contribution in [0.5, 0.6) is 5.75 Å². The molecule has 0 bridgehead atoms. The average Bonchev–Trinajstić information content (AvgIpc) is 2.84. The summed E-state index contributed by atoms with van der Waals surface area (Å²) in [5, 5.41) is 1.06. The maximum atomic E-state index is 12.8. The van der Waals surface area contributed by atoms with E-state index in [1.165, 1.54) is 0 Å². The van der Waals surface area contributed by atoms with Crippen LogP contribution in [0.15, 0.2) is 53.5 Å². The number of piperazine rings is 1. The number of carbonyl (C=O) groups excluding carboxylic acids is 1. The van der Waals surface area contributed by atoms with Gasteiger partial charge in [0.25, 0.3) is 11.5 Å². The number of nitrogens with zero attached hydrogens (tertiary/aromatic N) is 4. The van der Waals surface area contributed by atoms with Crippen LogP contribution in [0.4, 0.5) is 5.82 Å². The Balaban J connectivity index is 1.44. The second-order valence-electron chi connectivity index (χ2n) is 8.77. The third kappa shape index (κ3) is 5.02. The van der Waals surface area contributed by atoms with Crippen LogP contribution in [0.25, 0.3) is 10.9 Å². The van der Waals surface area contributed by atoms with Gasteiger partial charge in [-0.1, -0.05) is 26.8 Å². The van der Waals surface area contributed by atoms with E-state index in [9.17, 15) is 9.59 Å². The Morgan fingerprint density at radius 3 is 2.55 bits per heavy atom. The van der Waals surface area contributed by atoms with Gasteiger partial charge < -0.3 is 19.1 Å². The van der Waals surface area contributed by atoms with Crippen molar-refractivity contribution in [3.05, 3.63) is 64.6 Å². The van der Waals surface area contributed by atoms with Gasteiger partial charge in [-0.25, -0.2) is 4.98 Å². The number of rotatable bonds is 7. The molecule has 3 heterocycles. The molecule has 0 saturated carbocycles. The lowest BCUT2D eigenvalue weighted by atomic mass is 9.98. The van der Waals surface area contributed by atoms with Gasteiger partial charge in [-0.15, -0.1) is 0 Å². The van der Waals surface area contributed by atoms with Crippen molar-refractivity contribution in [2.24, 2.45) is 0 Å². The molecule has 0 N–H and O–H groups in total. The Kier molecular flexibility index (Phi) is 6.96. The smallest absolute Gasteiger partial charge is 0.260 e. The van der Waals surface area contributed by atoms with Gasteiger partial charge in [0.15, 0.2) is 6.61 Å². The quantitative estimate of drug-likeness (QED) is 0.552. The van der Waals surface area contributed by atoms with E-state index in [2.05, 4.69) is 30.7 Å². The fourth-order valence-corrected chi connectivity index (χ4v) is 4.37. The Morgan fingerprint density at radius 2 is 1.88 bits per heavy atom. The molecule has 1 amide bonds. The van der Waals surface area contributed by atoms with Crippen LogP contribution in [0.2, 0.25) is 0 Å². The Hall–Kier alpha value is -3.35. The summed E-state index contributed by atoms with van der Waals surface area (Å²) in [7, 11) is 0. The van der Waals surface area contributed by atoms with Gasteiger partial charge in [-0.2, -0.15) is 0 Å². The van der Waals surface area contributed by atoms with E-state index in [-0.39, 0.29) is 24.0 Å². The van der Waals surface area contributed by atoms with Gasteiger partial charge in [-0.3, -0.25) is 9.59 Å². The van der Waals surface area contributed by atoms with Crippen molar-refractivity contribution in [2.75, 3.05) is 37.7 Å². The van der Waals surface area contributed by atoms with Crippen molar-refractivity contribution in [3.8, 4) is 5.75 Å². The van der Waals surface area contributed by atoms with Crippen LogP contribution in [0, 0.1) is 0 Å². The molecule has 4 rings (SSSR count). The van der Waals surface area contributed by atoms with Gasteiger partial charge in [0.05, 0.1) is 5.52 Å². The molecule has 7 heteroatoms. The molecule has 1 saturated heterocycles. The predicted octanol–water partition coefficient (Wildman–Crippen LogP) is 3.66. The molecule has 7 nitrogen and oxygen atoms in total. The topological polar surface area (TPSA) is 67.7 Å². The minimum atomic E-state index is -0.0300. The molecule has 3 aromatic rings. The van der Waals surface area contributed by atoms with Gasteiger partial charge >= 0.3 is 0 Å². The Morgan fingerprint density at radius 1 is 1.09 bits per heavy atom. The molecule has 1 aliphatic heterocycles. The number of pyridine rings is 2. The average molecular weight is 449 g/mol. The summed E-state index contributed by atoms with van der Waals surface area (Å²) < 4.78 is 7.68. The first-order valence-corrected chi connectivity index (χ1v) is 11.7. The van der Waals surface area contributed by atoms with Crippen LogP contribution in [0.1, 0.15) is 38.7 Å². The summed E-state index contributed by atoms with van der Waals surface area (Å²) >= 11 is 0. The number of hydrogen-bond acceptors (Lipinski definition) is 5. The molecule has 174 valence electrons. The van der Waals surface area contributed by atoms with Crippen LogP contribution in [0.3, 0.4) is 0 Å². The normalized spacial score (nSPS) is 14.2. The number of carbonyl (C=O) groups is 1. The molecule has 0 radical (unpaired) electrons. The number of aryl methyl sites for hydroxylation is 1. The predicted molar refractivity (Wildman–Crippen MR) is 131 cm³/mol. The van der Waals surface area contributed by atoms with Crippen LogP contribution >= 0.6 is 0 Å². The first-order valence-electron chi connectivity index (χ1n) is 11.7. The van der Waals surface area contributed by atoms with Gasteiger partial charge in [-0.05, 0) is 42.2 Å². The van der Waals surface area contributed by atoms with Crippen LogP contribution in [-0.4, -0.2) is 53.1 Å². The largest absolute Gasteiger partial charge is 0.484 e. The highest BCUT2D eigenvalue weighted by Gasteiger charge is 2.22. The Bertz CT molecular complexity index is 1170. The van der Waals surface area contributed by atoms with Gasteiger partial charge in [0.2, 0.25) is 0 Å². The molecular weight excluding hydrogens is 416 g/mol. The maximum Gasteiger partial charge on any atom is 0.260 e. The number of ether oxygens (including phenoxy) is 1. The van der Waals surface area contributed by atoms with E-state index in [0.29, 0.717) is 25.4 Å². The molecule has 2 aromatic heterocycles. The van der Waals surface area contributed by atoms with Gasteiger partial charge in [0, 0.05) is 56.4 Å². The fourth-order valence-electron chi connectivity index (χ4n) is 4.37. The second-order valence-corrected chi connectivity index (χ2v) is 8.77. The van der Waals surface area contributed by atoms with E-state index >= 15 is 0 Å². The first-order chi connectivity index (χ1) is 16.0. The maximum absolute atomic E-state index is 12.8. The van der Waals surface area contributed by atoms with Crippen molar-refractivity contribution in [3.63, 3.8) is 0 Å². The van der Waals surface area contributed by atoms with Gasteiger partial charge in [0.1, 0.15) is 11.6 Å². The SMILES string of the molecule is CCCn1c(=O)cc(C(C)C)c2ccc(OCC(=O)N3CCN(c4ccccn4)CC3)cc21. The van der Waals surface area contributed by atoms with Crippen molar-refractivity contribution >= 4 is 22.6 Å². The summed E-state index contributed by atoms with van der Waals surface area (Å²) in [5.41, 5.74) is 1.91. The zero-order chi connectivity index (χ0) is 23.4. The third-order valence-electron chi connectivity index (χ3n) is 6.15. The standard InChI is InChI=1S/C26H32N4O3/c1-4-11-30-23-16-20(8-9-21(23)22(19(2)3)17-25(30)31)33-18-26(32)29-14-12-28(13-15-29)24-7-5-6-10-27-24/h5-10,16-17,19H,4,11-15,18H2,1-3H3. The van der Waals surface area contributed by atoms with E-state index < -0.39 is 0 Å². The lowest BCUT2D eigenvalue weighted by Crippen LogP contribution is -2.50. The summed E-state index contributed by atoms with van der Waals surface area (Å²) in [6.07, 6.45) is 2.65. The van der Waals surface area contributed by atoms with E-state index in [1.807, 2.05) is 41.3 Å². The van der Waals surface area contributed by atoms with E-state index in [1.54, 1.807) is 16.8 Å². The molecule has 0 spiro atoms. The third-order valence-corrected chi connectivity index (χ3v) is 6.15. The minimum absolute atomic E-state index is 0.00653. The molecule has 1 fully saturated rings. The molecule has 0 atom stereocenters. The van der Waals surface area contributed by atoms with Crippen molar-refractivity contribution < 1.29 is 9.53 Å². The monoisotopic (exact) mass is 448 g/mol. The number of benzene rings is 1. The minimum Gasteiger partial charge on any atom is -0.484 e. The van der Waals surface area contributed by atoms with E-state index in [0.717, 1.165) is 41.8 Å². The number of amides is 1. The van der Waals surface area contributed by atoms with Crippen molar-refractivity contribution in [1.29, 1.82) is 0 Å². The highest BCUT2D eigenvalue weighted by molar-refractivity contribution is 5.85. The molecular formula is C26H32N4O3.